The molecule has 28 heavy (non-hydrogen) atoms. The molecule has 0 saturated carbocycles. The van der Waals surface area contributed by atoms with Crippen molar-refractivity contribution >= 4 is 23.2 Å². The van der Waals surface area contributed by atoms with Crippen molar-refractivity contribution in [3.8, 4) is 5.75 Å². The molecule has 0 fully saturated rings. The van der Waals surface area contributed by atoms with Crippen molar-refractivity contribution in [1.82, 2.24) is 5.32 Å². The van der Waals surface area contributed by atoms with Gasteiger partial charge in [0.1, 0.15) is 12.4 Å². The second kappa shape index (κ2) is 11.4. The highest BCUT2D eigenvalue weighted by molar-refractivity contribution is 5.95. The number of amides is 2. The summed E-state index contributed by atoms with van der Waals surface area (Å²) in [5, 5.41) is 8.73. The summed E-state index contributed by atoms with van der Waals surface area (Å²) in [5.74, 6) is 0.467. The van der Waals surface area contributed by atoms with E-state index < -0.39 is 0 Å². The average Bonchev–Trinajstić information content (AvgIpc) is 2.72. The van der Waals surface area contributed by atoms with E-state index in [1.54, 1.807) is 54.6 Å². The van der Waals surface area contributed by atoms with Gasteiger partial charge in [-0.2, -0.15) is 0 Å². The highest BCUT2D eigenvalue weighted by atomic mass is 16.5. The molecule has 2 amide bonds. The molecule has 0 radical (unpaired) electrons. The van der Waals surface area contributed by atoms with Crippen molar-refractivity contribution in [3.63, 3.8) is 0 Å². The molecule has 0 saturated heterocycles. The van der Waals surface area contributed by atoms with Crippen molar-refractivity contribution in [1.29, 1.82) is 0 Å². The van der Waals surface area contributed by atoms with Crippen LogP contribution in [0, 0.1) is 0 Å². The van der Waals surface area contributed by atoms with E-state index in [9.17, 15) is 9.59 Å². The molecule has 6 heteroatoms. The van der Waals surface area contributed by atoms with Crippen molar-refractivity contribution in [3.05, 3.63) is 66.7 Å². The molecule has 0 bridgehead atoms. The van der Waals surface area contributed by atoms with Gasteiger partial charge in [0.15, 0.2) is 0 Å². The van der Waals surface area contributed by atoms with Crippen LogP contribution < -0.4 is 20.7 Å². The van der Waals surface area contributed by atoms with Gasteiger partial charge in [-0.15, -0.1) is 0 Å². The molecular formula is C22H27N3O3. The van der Waals surface area contributed by atoms with Crippen molar-refractivity contribution in [2.24, 2.45) is 0 Å². The third-order valence-corrected chi connectivity index (χ3v) is 3.92. The number of nitrogens with one attached hydrogen (secondary N) is 3. The minimum atomic E-state index is -0.166. The Morgan fingerprint density at radius 3 is 2.36 bits per heavy atom. The number of hydrogen-bond acceptors (Lipinski definition) is 4. The lowest BCUT2D eigenvalue weighted by Gasteiger charge is -2.10. The number of carbonyl (C=O) groups excluding carboxylic acids is 2. The molecule has 0 aromatic heterocycles. The van der Waals surface area contributed by atoms with E-state index in [2.05, 4.69) is 29.5 Å². The van der Waals surface area contributed by atoms with Crippen LogP contribution in [0.3, 0.4) is 0 Å². The van der Waals surface area contributed by atoms with Gasteiger partial charge < -0.3 is 20.7 Å². The summed E-state index contributed by atoms with van der Waals surface area (Å²) in [6.45, 7) is 6.92. The molecule has 0 aliphatic rings. The van der Waals surface area contributed by atoms with E-state index >= 15 is 0 Å². The molecule has 6 nitrogen and oxygen atoms in total. The fourth-order valence-corrected chi connectivity index (χ4v) is 2.40. The zero-order chi connectivity index (χ0) is 20.2. The van der Waals surface area contributed by atoms with Gasteiger partial charge in [-0.25, -0.2) is 0 Å². The lowest BCUT2D eigenvalue weighted by molar-refractivity contribution is -0.114. The zero-order valence-electron chi connectivity index (χ0n) is 16.2. The van der Waals surface area contributed by atoms with Crippen molar-refractivity contribution in [2.45, 2.75) is 19.8 Å². The fraction of sp³-hybridized carbons (Fsp3) is 0.273. The zero-order valence-corrected chi connectivity index (χ0v) is 16.2. The summed E-state index contributed by atoms with van der Waals surface area (Å²) < 4.78 is 5.40. The van der Waals surface area contributed by atoms with Gasteiger partial charge in [0, 0.05) is 23.5 Å². The first-order chi connectivity index (χ1) is 13.6. The first-order valence-corrected chi connectivity index (χ1v) is 9.38. The SMILES string of the molecule is C=CCOc1ccc(NC(=O)CNc2ccc(C(=O)NCCCC)cc2)cc1. The van der Waals surface area contributed by atoms with Crippen molar-refractivity contribution in [2.75, 3.05) is 30.3 Å². The first-order valence-electron chi connectivity index (χ1n) is 9.38. The Morgan fingerprint density at radius 1 is 1.04 bits per heavy atom. The molecule has 0 atom stereocenters. The van der Waals surface area contributed by atoms with Crippen molar-refractivity contribution < 1.29 is 14.3 Å². The topological polar surface area (TPSA) is 79.5 Å². The van der Waals surface area contributed by atoms with Crippen LogP contribution in [-0.4, -0.2) is 31.5 Å². The number of rotatable bonds is 11. The maximum atomic E-state index is 12.1. The van der Waals surface area contributed by atoms with Gasteiger partial charge in [-0.05, 0) is 55.0 Å². The van der Waals surface area contributed by atoms with Crippen LogP contribution in [0.15, 0.2) is 61.2 Å². The number of benzene rings is 2. The van der Waals surface area contributed by atoms with E-state index in [4.69, 9.17) is 4.74 Å². The molecule has 2 rings (SSSR count). The van der Waals surface area contributed by atoms with Crippen LogP contribution in [0.4, 0.5) is 11.4 Å². The third-order valence-electron chi connectivity index (χ3n) is 3.92. The van der Waals surface area contributed by atoms with Gasteiger partial charge in [0.25, 0.3) is 5.91 Å². The highest BCUT2D eigenvalue weighted by Gasteiger charge is 2.06. The second-order valence-corrected chi connectivity index (χ2v) is 6.21. The van der Waals surface area contributed by atoms with Crippen LogP contribution in [0.1, 0.15) is 30.1 Å². The highest BCUT2D eigenvalue weighted by Crippen LogP contribution is 2.16. The Kier molecular flexibility index (Phi) is 8.59. The standard InChI is InChI=1S/C22H27N3O3/c1-3-5-14-23-22(27)17-6-8-18(9-7-17)24-16-21(26)25-19-10-12-20(13-11-19)28-15-4-2/h4,6-13,24H,2-3,5,14-16H2,1H3,(H,23,27)(H,25,26). The quantitative estimate of drug-likeness (QED) is 0.408. The lowest BCUT2D eigenvalue weighted by atomic mass is 10.2. The molecule has 0 heterocycles. The molecule has 0 unspecified atom stereocenters. The normalized spacial score (nSPS) is 10.0. The van der Waals surface area contributed by atoms with Gasteiger partial charge in [-0.3, -0.25) is 9.59 Å². The monoisotopic (exact) mass is 381 g/mol. The average molecular weight is 381 g/mol. The van der Waals surface area contributed by atoms with Crippen LogP contribution in [0.2, 0.25) is 0 Å². The second-order valence-electron chi connectivity index (χ2n) is 6.21. The van der Waals surface area contributed by atoms with Gasteiger partial charge in [0.05, 0.1) is 6.54 Å². The lowest BCUT2D eigenvalue weighted by Crippen LogP contribution is -2.24. The summed E-state index contributed by atoms with van der Waals surface area (Å²) in [4.78, 5) is 24.1. The minimum Gasteiger partial charge on any atom is -0.490 e. The minimum absolute atomic E-state index is 0.0849. The van der Waals surface area contributed by atoms with E-state index in [-0.39, 0.29) is 18.4 Å². The molecule has 148 valence electrons. The molecular weight excluding hydrogens is 354 g/mol. The van der Waals surface area contributed by atoms with Gasteiger partial charge >= 0.3 is 0 Å². The van der Waals surface area contributed by atoms with Crippen LogP contribution >= 0.6 is 0 Å². The third kappa shape index (κ3) is 7.15. The summed E-state index contributed by atoms with van der Waals surface area (Å²) in [6.07, 6.45) is 3.68. The smallest absolute Gasteiger partial charge is 0.251 e. The van der Waals surface area contributed by atoms with E-state index in [0.29, 0.717) is 24.4 Å². The number of carbonyl (C=O) groups is 2. The first kappa shape index (κ1) is 21.0. The Hall–Kier alpha value is -3.28. The molecule has 2 aromatic carbocycles. The van der Waals surface area contributed by atoms with Crippen LogP contribution in [-0.2, 0) is 4.79 Å². The van der Waals surface area contributed by atoms with Crippen LogP contribution in [0.25, 0.3) is 0 Å². The molecule has 0 aliphatic heterocycles. The molecule has 3 N–H and O–H groups in total. The van der Waals surface area contributed by atoms with Crippen LogP contribution in [0.5, 0.6) is 5.75 Å². The number of ether oxygens (including phenoxy) is 1. The predicted octanol–water partition coefficient (Wildman–Crippen LogP) is 3.83. The number of unbranched alkanes of at least 4 members (excludes halogenated alkanes) is 1. The fourth-order valence-electron chi connectivity index (χ4n) is 2.40. The molecule has 2 aromatic rings. The maximum Gasteiger partial charge on any atom is 0.251 e. The molecule has 0 spiro atoms. The predicted molar refractivity (Wildman–Crippen MR) is 113 cm³/mol. The largest absolute Gasteiger partial charge is 0.490 e. The summed E-state index contributed by atoms with van der Waals surface area (Å²) >= 11 is 0. The van der Waals surface area contributed by atoms with E-state index in [0.717, 1.165) is 24.3 Å². The maximum absolute atomic E-state index is 12.1. The summed E-state index contributed by atoms with van der Waals surface area (Å²) in [7, 11) is 0. The Bertz CT molecular complexity index is 771. The van der Waals surface area contributed by atoms with Gasteiger partial charge in [0.2, 0.25) is 5.91 Å². The van der Waals surface area contributed by atoms with E-state index in [1.807, 2.05) is 0 Å². The Morgan fingerprint density at radius 2 is 1.71 bits per heavy atom. The van der Waals surface area contributed by atoms with Gasteiger partial charge in [-0.1, -0.05) is 26.0 Å². The number of anilines is 2. The number of hydrogen-bond donors (Lipinski definition) is 3. The summed E-state index contributed by atoms with van der Waals surface area (Å²) in [5.41, 5.74) is 2.06. The molecule has 0 aliphatic carbocycles. The Balaban J connectivity index is 1.77. The summed E-state index contributed by atoms with van der Waals surface area (Å²) in [6, 6.07) is 14.2. The Labute approximate surface area is 166 Å². The van der Waals surface area contributed by atoms with E-state index in [1.165, 1.54) is 0 Å².